The fourth-order valence-electron chi connectivity index (χ4n) is 11.1. The summed E-state index contributed by atoms with van der Waals surface area (Å²) in [5.74, 6) is 4.52. The third kappa shape index (κ3) is 3.76. The quantitative estimate of drug-likeness (QED) is 0.356. The molecule has 11 atom stereocenters. The Morgan fingerprint density at radius 2 is 1.70 bits per heavy atom. The predicted molar refractivity (Wildman–Crippen MR) is 150 cm³/mol. The van der Waals surface area contributed by atoms with E-state index in [9.17, 15) is 0 Å². The minimum absolute atomic E-state index is 0.148. The van der Waals surface area contributed by atoms with Gasteiger partial charge in [-0.05, 0) is 110 Å². The molecule has 6 rings (SSSR count). The normalized spacial score (nSPS) is 52.6. The molecule has 3 nitrogen and oxygen atoms in total. The highest BCUT2D eigenvalue weighted by atomic mass is 16.7. The van der Waals surface area contributed by atoms with Gasteiger partial charge in [-0.2, -0.15) is 0 Å². The molecule has 6 aliphatic rings. The molecular weight excluding hydrogens is 456 g/mol. The average molecular weight is 511 g/mol. The molecule has 0 amide bonds. The topological polar surface area (TPSA) is 27.7 Å². The summed E-state index contributed by atoms with van der Waals surface area (Å²) >= 11 is 0. The Morgan fingerprint density at radius 3 is 2.41 bits per heavy atom. The van der Waals surface area contributed by atoms with Crippen LogP contribution in [0.15, 0.2) is 24.3 Å². The molecule has 208 valence electrons. The zero-order valence-corrected chi connectivity index (χ0v) is 24.7. The number of fused-ring (bicyclic) bond motifs is 4. The van der Waals surface area contributed by atoms with Gasteiger partial charge < -0.3 is 14.2 Å². The Labute approximate surface area is 227 Å². The Hall–Kier alpha value is -0.640. The number of hydrogen-bond acceptors (Lipinski definition) is 3. The van der Waals surface area contributed by atoms with Gasteiger partial charge >= 0.3 is 0 Å². The summed E-state index contributed by atoms with van der Waals surface area (Å²) in [5, 5.41) is 0. The maximum atomic E-state index is 7.07. The summed E-state index contributed by atoms with van der Waals surface area (Å²) in [5.41, 5.74) is 3.20. The van der Waals surface area contributed by atoms with Crippen molar-refractivity contribution in [3.05, 3.63) is 24.3 Å². The van der Waals surface area contributed by atoms with Crippen LogP contribution in [0.2, 0.25) is 0 Å². The molecule has 0 aromatic rings. The minimum Gasteiger partial charge on any atom is -0.367 e. The van der Waals surface area contributed by atoms with Crippen LogP contribution in [0.3, 0.4) is 0 Å². The highest BCUT2D eigenvalue weighted by Gasteiger charge is 2.66. The Bertz CT molecular complexity index is 933. The van der Waals surface area contributed by atoms with Crippen molar-refractivity contribution in [3.63, 3.8) is 0 Å². The summed E-state index contributed by atoms with van der Waals surface area (Å²) in [6.07, 6.45) is 12.5. The molecule has 2 aliphatic heterocycles. The fourth-order valence-corrected chi connectivity index (χ4v) is 11.1. The lowest BCUT2D eigenvalue weighted by Crippen LogP contribution is -2.60. The molecule has 0 aromatic carbocycles. The van der Waals surface area contributed by atoms with Gasteiger partial charge in [0.1, 0.15) is 0 Å². The van der Waals surface area contributed by atoms with Crippen molar-refractivity contribution in [2.75, 3.05) is 13.2 Å². The second kappa shape index (κ2) is 8.93. The summed E-state index contributed by atoms with van der Waals surface area (Å²) < 4.78 is 19.6. The molecule has 4 aliphatic carbocycles. The number of allylic oxidation sites excluding steroid dienone is 1. The van der Waals surface area contributed by atoms with Gasteiger partial charge in [-0.3, -0.25) is 0 Å². The second-order valence-corrected chi connectivity index (χ2v) is 15.2. The monoisotopic (exact) mass is 510 g/mol. The lowest BCUT2D eigenvalue weighted by molar-refractivity contribution is -0.259. The highest BCUT2D eigenvalue weighted by molar-refractivity contribution is 5.23. The Morgan fingerprint density at radius 1 is 0.973 bits per heavy atom. The molecule has 0 N–H and O–H groups in total. The second-order valence-electron chi connectivity index (χ2n) is 15.2. The lowest BCUT2D eigenvalue weighted by atomic mass is 9.42. The smallest absolute Gasteiger partial charge is 0.169 e. The average Bonchev–Trinajstić information content (AvgIpc) is 3.50. The van der Waals surface area contributed by atoms with Gasteiger partial charge in [-0.15, -0.1) is 0 Å². The lowest BCUT2D eigenvalue weighted by Gasteiger charge is -2.64. The molecule has 1 spiro atoms. The molecule has 2 saturated heterocycles. The van der Waals surface area contributed by atoms with E-state index in [1.807, 2.05) is 0 Å². The van der Waals surface area contributed by atoms with E-state index >= 15 is 0 Å². The van der Waals surface area contributed by atoms with Crippen LogP contribution < -0.4 is 0 Å². The highest BCUT2D eigenvalue weighted by Crippen LogP contribution is 2.71. The van der Waals surface area contributed by atoms with Crippen LogP contribution >= 0.6 is 0 Å². The summed E-state index contributed by atoms with van der Waals surface area (Å²) in [6.45, 7) is 25.7. The van der Waals surface area contributed by atoms with Crippen molar-refractivity contribution >= 4 is 0 Å². The van der Waals surface area contributed by atoms with E-state index in [0.717, 1.165) is 50.2 Å². The molecule has 6 fully saturated rings. The van der Waals surface area contributed by atoms with Gasteiger partial charge in [0.2, 0.25) is 0 Å². The van der Waals surface area contributed by atoms with Crippen LogP contribution in [0.25, 0.3) is 0 Å². The van der Waals surface area contributed by atoms with Crippen molar-refractivity contribution in [1.29, 1.82) is 0 Å². The molecule has 0 radical (unpaired) electrons. The van der Waals surface area contributed by atoms with Crippen LogP contribution in [-0.2, 0) is 14.2 Å². The summed E-state index contributed by atoms with van der Waals surface area (Å²) in [7, 11) is 0. The standard InChI is InChI=1S/C34H54O3/c1-21(2)34(25(6)27-10-9-22(3)17-30(27)37-34)12-11-26-23(4)18-29-28(26)19-24(5)32(8)20-33(35-15-16-36-33)14-13-31(29,32)7/h22,24-30H,1,4,9-20H2,2-3,5-8H3/t22-,24+,25-,26-,27+,28+,29+,30-,31-,32-,34+/m1/s1. The van der Waals surface area contributed by atoms with Gasteiger partial charge in [0.05, 0.1) is 24.9 Å². The van der Waals surface area contributed by atoms with Crippen molar-refractivity contribution in [3.8, 4) is 0 Å². The third-order valence-corrected chi connectivity index (χ3v) is 13.7. The molecular formula is C34H54O3. The van der Waals surface area contributed by atoms with E-state index in [0.29, 0.717) is 35.2 Å². The van der Waals surface area contributed by atoms with Gasteiger partial charge in [-0.25, -0.2) is 0 Å². The Balaban J connectivity index is 1.22. The van der Waals surface area contributed by atoms with E-state index in [-0.39, 0.29) is 16.8 Å². The summed E-state index contributed by atoms with van der Waals surface area (Å²) in [4.78, 5) is 0. The molecule has 4 saturated carbocycles. The molecule has 3 heteroatoms. The van der Waals surface area contributed by atoms with Crippen molar-refractivity contribution in [2.45, 2.75) is 123 Å². The van der Waals surface area contributed by atoms with Crippen LogP contribution in [0.5, 0.6) is 0 Å². The maximum Gasteiger partial charge on any atom is 0.169 e. The molecule has 2 heterocycles. The van der Waals surface area contributed by atoms with Gasteiger partial charge in [-0.1, -0.05) is 59.8 Å². The van der Waals surface area contributed by atoms with Gasteiger partial charge in [0.15, 0.2) is 5.79 Å². The van der Waals surface area contributed by atoms with Gasteiger partial charge in [0.25, 0.3) is 0 Å². The van der Waals surface area contributed by atoms with Crippen molar-refractivity contribution in [1.82, 2.24) is 0 Å². The van der Waals surface area contributed by atoms with Crippen LogP contribution in [0.4, 0.5) is 0 Å². The number of hydrogen-bond donors (Lipinski definition) is 0. The first-order valence-corrected chi connectivity index (χ1v) is 15.7. The first kappa shape index (κ1) is 26.6. The van der Waals surface area contributed by atoms with Crippen LogP contribution in [-0.4, -0.2) is 30.7 Å². The zero-order chi connectivity index (χ0) is 26.4. The van der Waals surface area contributed by atoms with Crippen LogP contribution in [0.1, 0.15) is 106 Å². The van der Waals surface area contributed by atoms with Crippen molar-refractivity contribution in [2.24, 2.45) is 52.3 Å². The van der Waals surface area contributed by atoms with E-state index in [2.05, 4.69) is 48.1 Å². The number of rotatable bonds is 4. The third-order valence-electron chi connectivity index (χ3n) is 13.7. The SMILES string of the molecule is C=C1C[C@H]2[C@@H](C[C@H](C)[C@@]3(C)CC4(CC[C@]23C)OCCO4)[C@@H]1CC[C@@]1(C(=C)C)O[C@@H]2C[C@H](C)CC[C@H]2[C@H]1C. The largest absolute Gasteiger partial charge is 0.367 e. The van der Waals surface area contributed by atoms with E-state index in [4.69, 9.17) is 20.8 Å². The van der Waals surface area contributed by atoms with Crippen LogP contribution in [0, 0.1) is 52.3 Å². The fraction of sp³-hybridized carbons (Fsp3) is 0.882. The first-order chi connectivity index (χ1) is 17.4. The predicted octanol–water partition coefficient (Wildman–Crippen LogP) is 8.34. The molecule has 0 unspecified atom stereocenters. The summed E-state index contributed by atoms with van der Waals surface area (Å²) in [6, 6.07) is 0. The van der Waals surface area contributed by atoms with Crippen molar-refractivity contribution < 1.29 is 14.2 Å². The number of ether oxygens (including phenoxy) is 3. The van der Waals surface area contributed by atoms with E-state index < -0.39 is 0 Å². The van der Waals surface area contributed by atoms with E-state index in [1.54, 1.807) is 0 Å². The molecule has 0 bridgehead atoms. The minimum atomic E-state index is -0.317. The Kier molecular flexibility index (Phi) is 6.42. The molecule has 37 heavy (non-hydrogen) atoms. The maximum absolute atomic E-state index is 7.07. The molecule has 0 aromatic heterocycles. The zero-order valence-electron chi connectivity index (χ0n) is 24.7. The van der Waals surface area contributed by atoms with E-state index in [1.165, 1.54) is 56.1 Å². The first-order valence-electron chi connectivity index (χ1n) is 15.7. The van der Waals surface area contributed by atoms with Gasteiger partial charge in [0, 0.05) is 12.8 Å².